The second-order valence-electron chi connectivity index (χ2n) is 4.88. The molecule has 4 heteroatoms. The number of hydrogen-bond acceptors (Lipinski definition) is 2. The van der Waals surface area contributed by atoms with Crippen molar-refractivity contribution in [1.29, 1.82) is 0 Å². The van der Waals surface area contributed by atoms with Crippen LogP contribution in [0.1, 0.15) is 58.3 Å². The molecule has 0 fully saturated rings. The van der Waals surface area contributed by atoms with Crippen molar-refractivity contribution in [2.75, 3.05) is 0 Å². The van der Waals surface area contributed by atoms with Gasteiger partial charge in [0.05, 0.1) is 12.3 Å². The zero-order valence-corrected chi connectivity index (χ0v) is 12.3. The number of hydrogen-bond donors (Lipinski definition) is 2. The quantitative estimate of drug-likeness (QED) is 0.418. The largest absolute Gasteiger partial charge is 0.481 e. The Labute approximate surface area is 121 Å². The van der Waals surface area contributed by atoms with E-state index in [2.05, 4.69) is 19.1 Å². The van der Waals surface area contributed by atoms with E-state index in [1.807, 2.05) is 6.08 Å². The van der Waals surface area contributed by atoms with Crippen LogP contribution < -0.4 is 0 Å². The van der Waals surface area contributed by atoms with Crippen molar-refractivity contribution in [3.63, 3.8) is 0 Å². The fourth-order valence-electron chi connectivity index (χ4n) is 1.79. The summed E-state index contributed by atoms with van der Waals surface area (Å²) in [5.41, 5.74) is 0. The first-order valence-corrected chi connectivity index (χ1v) is 7.32. The summed E-state index contributed by atoms with van der Waals surface area (Å²) in [6.07, 6.45) is 14.7. The second-order valence-corrected chi connectivity index (χ2v) is 4.88. The third-order valence-corrected chi connectivity index (χ3v) is 2.97. The monoisotopic (exact) mass is 282 g/mol. The summed E-state index contributed by atoms with van der Waals surface area (Å²) >= 11 is 0. The van der Waals surface area contributed by atoms with Crippen molar-refractivity contribution in [2.24, 2.45) is 5.92 Å². The van der Waals surface area contributed by atoms with Crippen LogP contribution in [0.5, 0.6) is 0 Å². The van der Waals surface area contributed by atoms with Gasteiger partial charge in [0.25, 0.3) is 0 Å². The molecule has 2 N–H and O–H groups in total. The Kier molecular flexibility index (Phi) is 11.5. The summed E-state index contributed by atoms with van der Waals surface area (Å²) in [7, 11) is 0. The zero-order valence-electron chi connectivity index (χ0n) is 12.3. The van der Waals surface area contributed by atoms with Crippen LogP contribution in [0.15, 0.2) is 24.3 Å². The van der Waals surface area contributed by atoms with E-state index in [0.717, 1.165) is 32.1 Å². The van der Waals surface area contributed by atoms with Gasteiger partial charge in [0.15, 0.2) is 0 Å². The summed E-state index contributed by atoms with van der Waals surface area (Å²) in [4.78, 5) is 21.3. The van der Waals surface area contributed by atoms with Gasteiger partial charge in [0.1, 0.15) is 0 Å². The lowest BCUT2D eigenvalue weighted by Gasteiger charge is -2.05. The molecule has 0 saturated heterocycles. The number of unbranched alkanes of at least 4 members (excludes halogenated alkanes) is 4. The maximum Gasteiger partial charge on any atom is 0.307 e. The highest BCUT2D eigenvalue weighted by Gasteiger charge is 2.18. The first kappa shape index (κ1) is 18.4. The fourth-order valence-corrected chi connectivity index (χ4v) is 1.79. The van der Waals surface area contributed by atoms with Gasteiger partial charge in [0.2, 0.25) is 0 Å². The minimum atomic E-state index is -1.07. The molecule has 0 radical (unpaired) electrons. The van der Waals surface area contributed by atoms with Gasteiger partial charge in [0, 0.05) is 0 Å². The molecule has 0 spiro atoms. The van der Waals surface area contributed by atoms with E-state index < -0.39 is 17.9 Å². The van der Waals surface area contributed by atoms with Gasteiger partial charge in [-0.15, -0.1) is 0 Å². The average molecular weight is 282 g/mol. The molecule has 0 aliphatic rings. The summed E-state index contributed by atoms with van der Waals surface area (Å²) < 4.78 is 0. The van der Waals surface area contributed by atoms with Crippen LogP contribution in [0.3, 0.4) is 0 Å². The van der Waals surface area contributed by atoms with Crippen LogP contribution in [0, 0.1) is 5.92 Å². The van der Waals surface area contributed by atoms with Crippen LogP contribution in [-0.4, -0.2) is 22.2 Å². The minimum Gasteiger partial charge on any atom is -0.481 e. The fraction of sp³-hybridized carbons (Fsp3) is 0.625. The molecule has 0 aromatic heterocycles. The van der Waals surface area contributed by atoms with Crippen LogP contribution in [0.25, 0.3) is 0 Å². The summed E-state index contributed by atoms with van der Waals surface area (Å²) in [5.74, 6) is -2.93. The molecule has 0 aromatic carbocycles. The molecule has 114 valence electrons. The number of carboxylic acid groups (broad SMARTS) is 2. The molecule has 0 aliphatic carbocycles. The Morgan fingerprint density at radius 2 is 1.50 bits per heavy atom. The third-order valence-electron chi connectivity index (χ3n) is 2.97. The normalized spacial score (nSPS) is 13.1. The molecular formula is C16H26O4. The standard InChI is InChI=1S/C16H26O4/c1-2-3-4-5-6-7-8-9-10-11-12-14(16(19)20)13-15(17)18/h4-5,10-11,14H,2-3,6-9,12-13H2,1H3,(H,17,18)(H,19,20)/b5-4+,11-10+. The van der Waals surface area contributed by atoms with Crippen LogP contribution in [-0.2, 0) is 9.59 Å². The second kappa shape index (κ2) is 12.5. The van der Waals surface area contributed by atoms with Crippen LogP contribution >= 0.6 is 0 Å². The molecular weight excluding hydrogens is 256 g/mol. The first-order chi connectivity index (χ1) is 9.57. The average Bonchev–Trinajstić information content (AvgIpc) is 2.39. The van der Waals surface area contributed by atoms with E-state index in [1.165, 1.54) is 6.42 Å². The zero-order chi connectivity index (χ0) is 15.2. The molecule has 1 unspecified atom stereocenters. The first-order valence-electron chi connectivity index (χ1n) is 7.32. The lowest BCUT2D eigenvalue weighted by molar-refractivity contribution is -0.148. The van der Waals surface area contributed by atoms with E-state index in [-0.39, 0.29) is 12.8 Å². The Morgan fingerprint density at radius 1 is 0.950 bits per heavy atom. The number of aliphatic carboxylic acids is 2. The topological polar surface area (TPSA) is 74.6 Å². The van der Waals surface area contributed by atoms with Gasteiger partial charge >= 0.3 is 11.9 Å². The molecule has 0 aromatic rings. The van der Waals surface area contributed by atoms with E-state index in [0.29, 0.717) is 0 Å². The molecule has 0 aliphatic heterocycles. The van der Waals surface area contributed by atoms with Crippen molar-refractivity contribution >= 4 is 11.9 Å². The van der Waals surface area contributed by atoms with E-state index in [1.54, 1.807) is 6.08 Å². The minimum absolute atomic E-state index is 0.290. The molecule has 0 saturated carbocycles. The predicted octanol–water partition coefficient (Wildman–Crippen LogP) is 4.02. The third kappa shape index (κ3) is 11.5. The van der Waals surface area contributed by atoms with E-state index >= 15 is 0 Å². The van der Waals surface area contributed by atoms with Crippen molar-refractivity contribution in [3.8, 4) is 0 Å². The van der Waals surface area contributed by atoms with Crippen LogP contribution in [0.2, 0.25) is 0 Å². The lowest BCUT2D eigenvalue weighted by atomic mass is 10.0. The van der Waals surface area contributed by atoms with Gasteiger partial charge in [-0.25, -0.2) is 0 Å². The summed E-state index contributed by atoms with van der Waals surface area (Å²) in [5, 5.41) is 17.5. The van der Waals surface area contributed by atoms with E-state index in [4.69, 9.17) is 10.2 Å². The molecule has 0 bridgehead atoms. The highest BCUT2D eigenvalue weighted by atomic mass is 16.4. The number of carboxylic acids is 2. The van der Waals surface area contributed by atoms with Gasteiger partial charge < -0.3 is 10.2 Å². The van der Waals surface area contributed by atoms with Gasteiger partial charge in [-0.05, 0) is 38.5 Å². The number of allylic oxidation sites excluding steroid dienone is 4. The molecule has 20 heavy (non-hydrogen) atoms. The van der Waals surface area contributed by atoms with Gasteiger partial charge in [-0.1, -0.05) is 37.6 Å². The molecule has 0 rings (SSSR count). The Balaban J connectivity index is 3.68. The maximum atomic E-state index is 10.8. The maximum absolute atomic E-state index is 10.8. The molecule has 1 atom stereocenters. The van der Waals surface area contributed by atoms with E-state index in [9.17, 15) is 9.59 Å². The number of carbonyl (C=O) groups is 2. The molecule has 0 heterocycles. The Hall–Kier alpha value is -1.58. The number of rotatable bonds is 12. The Morgan fingerprint density at radius 3 is 2.00 bits per heavy atom. The van der Waals surface area contributed by atoms with Crippen molar-refractivity contribution in [3.05, 3.63) is 24.3 Å². The predicted molar refractivity (Wildman–Crippen MR) is 79.7 cm³/mol. The van der Waals surface area contributed by atoms with Crippen LogP contribution in [0.4, 0.5) is 0 Å². The van der Waals surface area contributed by atoms with Gasteiger partial charge in [-0.2, -0.15) is 0 Å². The highest BCUT2D eigenvalue weighted by Crippen LogP contribution is 2.11. The molecule has 4 nitrogen and oxygen atoms in total. The smallest absolute Gasteiger partial charge is 0.307 e. The van der Waals surface area contributed by atoms with Crippen molar-refractivity contribution in [1.82, 2.24) is 0 Å². The SMILES string of the molecule is CCC/C=C/CCCC/C=C/CC(CC(=O)O)C(=O)O. The summed E-state index contributed by atoms with van der Waals surface area (Å²) in [6, 6.07) is 0. The lowest BCUT2D eigenvalue weighted by Crippen LogP contribution is -2.16. The van der Waals surface area contributed by atoms with Crippen molar-refractivity contribution < 1.29 is 19.8 Å². The summed E-state index contributed by atoms with van der Waals surface area (Å²) in [6.45, 7) is 2.16. The van der Waals surface area contributed by atoms with Gasteiger partial charge in [-0.3, -0.25) is 9.59 Å². The highest BCUT2D eigenvalue weighted by molar-refractivity contribution is 5.77. The Bertz CT molecular complexity index is 331. The van der Waals surface area contributed by atoms with Crippen molar-refractivity contribution in [2.45, 2.75) is 58.3 Å². The molecule has 0 amide bonds.